The van der Waals surface area contributed by atoms with Crippen LogP contribution in [0, 0.1) is 20.8 Å². The van der Waals surface area contributed by atoms with E-state index in [1.165, 1.54) is 16.2 Å². The van der Waals surface area contributed by atoms with E-state index in [0.29, 0.717) is 39.2 Å². The lowest BCUT2D eigenvalue weighted by Crippen LogP contribution is -2.31. The number of aromatic nitrogens is 2. The van der Waals surface area contributed by atoms with Crippen LogP contribution in [0.1, 0.15) is 59.8 Å². The highest BCUT2D eigenvalue weighted by Gasteiger charge is 2.47. The van der Waals surface area contributed by atoms with Gasteiger partial charge in [0.05, 0.1) is 39.5 Å². The zero-order chi connectivity index (χ0) is 29.3. The average Bonchev–Trinajstić information content (AvgIpc) is 3.60. The average molecular weight is 590 g/mol. The number of carbonyl (C=O) groups excluding carboxylic acids is 3. The van der Waals surface area contributed by atoms with Crippen molar-refractivity contribution in [2.75, 3.05) is 11.5 Å². The monoisotopic (exact) mass is 589 g/mol. The van der Waals surface area contributed by atoms with Crippen molar-refractivity contribution < 1.29 is 29.0 Å². The Morgan fingerprint density at radius 1 is 0.976 bits per heavy atom. The lowest BCUT2D eigenvalue weighted by molar-refractivity contribution is -0.117. The molecule has 0 radical (unpaired) electrons. The summed E-state index contributed by atoms with van der Waals surface area (Å²) in [6, 6.07) is 15.7. The number of Topliss-reactive ketones (excluding diaryl/α,β-unsaturated/α-hetero) is 1. The van der Waals surface area contributed by atoms with Gasteiger partial charge in [-0.05, 0) is 51.0 Å². The van der Waals surface area contributed by atoms with E-state index in [1.54, 1.807) is 52.0 Å². The molecule has 5 rings (SSSR count). The van der Waals surface area contributed by atoms with Gasteiger partial charge in [0.25, 0.3) is 5.91 Å². The van der Waals surface area contributed by atoms with Crippen LogP contribution in [-0.4, -0.2) is 39.3 Å². The number of aliphatic hydroxyl groups excluding tert-OH is 1. The fourth-order valence-corrected chi connectivity index (χ4v) is 6.46. The number of thiazole rings is 2. The Kier molecular flexibility index (Phi) is 8.00. The normalized spacial score (nSPS) is 15.0. The van der Waals surface area contributed by atoms with Gasteiger partial charge in [-0.1, -0.05) is 53.8 Å². The van der Waals surface area contributed by atoms with Gasteiger partial charge in [0.15, 0.2) is 10.9 Å². The molecule has 2 aromatic carbocycles. The molecule has 0 fully saturated rings. The van der Waals surface area contributed by atoms with Gasteiger partial charge >= 0.3 is 5.97 Å². The molecular formula is C30H27N3O6S2. The number of benzene rings is 2. The third-order valence-corrected chi connectivity index (χ3v) is 8.65. The maximum Gasteiger partial charge on any atom is 0.350 e. The number of anilines is 1. The number of aryl methyl sites for hydroxylation is 3. The fourth-order valence-electron chi connectivity index (χ4n) is 4.60. The molecule has 0 aliphatic carbocycles. The van der Waals surface area contributed by atoms with Crippen molar-refractivity contribution in [2.45, 2.75) is 40.3 Å². The molecule has 1 atom stereocenters. The summed E-state index contributed by atoms with van der Waals surface area (Å²) in [5.41, 5.74) is 2.30. The molecule has 2 aromatic heterocycles. The minimum absolute atomic E-state index is 0.0903. The maximum atomic E-state index is 13.9. The predicted octanol–water partition coefficient (Wildman–Crippen LogP) is 6.06. The van der Waals surface area contributed by atoms with E-state index in [9.17, 15) is 19.5 Å². The number of amides is 1. The van der Waals surface area contributed by atoms with E-state index < -0.39 is 29.5 Å². The van der Waals surface area contributed by atoms with Crippen LogP contribution in [0.5, 0.6) is 5.75 Å². The Balaban J connectivity index is 1.59. The topological polar surface area (TPSA) is 119 Å². The van der Waals surface area contributed by atoms with Crippen molar-refractivity contribution in [2.24, 2.45) is 0 Å². The minimum atomic E-state index is -1.03. The van der Waals surface area contributed by atoms with Gasteiger partial charge in [0.2, 0.25) is 5.78 Å². The second-order valence-electron chi connectivity index (χ2n) is 9.29. The Morgan fingerprint density at radius 3 is 2.39 bits per heavy atom. The van der Waals surface area contributed by atoms with E-state index in [1.807, 2.05) is 30.3 Å². The van der Waals surface area contributed by atoms with Crippen molar-refractivity contribution >= 4 is 45.5 Å². The number of aliphatic hydroxyl groups is 1. The zero-order valence-corrected chi connectivity index (χ0v) is 24.5. The third-order valence-electron chi connectivity index (χ3n) is 6.44. The van der Waals surface area contributed by atoms with Gasteiger partial charge < -0.3 is 14.6 Å². The smallest absolute Gasteiger partial charge is 0.350 e. The summed E-state index contributed by atoms with van der Waals surface area (Å²) in [6.45, 7) is 7.34. The maximum absolute atomic E-state index is 13.9. The van der Waals surface area contributed by atoms with Gasteiger partial charge in [0, 0.05) is 0 Å². The first kappa shape index (κ1) is 28.2. The summed E-state index contributed by atoms with van der Waals surface area (Å²) in [7, 11) is 0. The molecule has 0 spiro atoms. The first-order valence-electron chi connectivity index (χ1n) is 12.9. The molecule has 210 valence electrons. The standard InChI is InChI=1S/C30H27N3O6S2/c1-5-38-29(37)27-17(3)32-30(41-27)33-23(20-12-9-13-21(14-20)39-15-19-10-7-6-8-11-19)22(25(35)28(33)36)24(34)26-16(2)31-18(4)40-26/h6-14,23,35H,5,15H2,1-4H3. The van der Waals surface area contributed by atoms with Crippen LogP contribution >= 0.6 is 22.7 Å². The van der Waals surface area contributed by atoms with Crippen LogP contribution in [0.15, 0.2) is 65.9 Å². The summed E-state index contributed by atoms with van der Waals surface area (Å²) in [5.74, 6) is -2.01. The highest BCUT2D eigenvalue weighted by Crippen LogP contribution is 2.45. The van der Waals surface area contributed by atoms with Crippen LogP contribution in [0.3, 0.4) is 0 Å². The third kappa shape index (κ3) is 5.50. The van der Waals surface area contributed by atoms with Crippen molar-refractivity contribution in [1.29, 1.82) is 0 Å². The van der Waals surface area contributed by atoms with Gasteiger partial charge in [-0.15, -0.1) is 11.3 Å². The van der Waals surface area contributed by atoms with Gasteiger partial charge in [-0.2, -0.15) is 0 Å². The molecule has 41 heavy (non-hydrogen) atoms. The molecule has 1 aliphatic heterocycles. The summed E-state index contributed by atoms with van der Waals surface area (Å²) in [5, 5.41) is 12.0. The van der Waals surface area contributed by atoms with Crippen molar-refractivity contribution in [3.05, 3.63) is 103 Å². The first-order chi connectivity index (χ1) is 19.7. The van der Waals surface area contributed by atoms with Crippen molar-refractivity contribution in [3.63, 3.8) is 0 Å². The number of nitrogens with zero attached hydrogens (tertiary/aromatic N) is 3. The van der Waals surface area contributed by atoms with Crippen molar-refractivity contribution in [1.82, 2.24) is 9.97 Å². The minimum Gasteiger partial charge on any atom is -0.503 e. The van der Waals surface area contributed by atoms with Crippen LogP contribution in [0.4, 0.5) is 5.13 Å². The molecule has 9 nitrogen and oxygen atoms in total. The number of esters is 1. The lowest BCUT2D eigenvalue weighted by Gasteiger charge is -2.25. The summed E-state index contributed by atoms with van der Waals surface area (Å²) in [4.78, 5) is 50.7. The first-order valence-corrected chi connectivity index (χ1v) is 14.5. The molecule has 0 bridgehead atoms. The number of carbonyl (C=O) groups is 3. The predicted molar refractivity (Wildman–Crippen MR) is 156 cm³/mol. The zero-order valence-electron chi connectivity index (χ0n) is 22.8. The number of rotatable bonds is 9. The molecule has 3 heterocycles. The quantitative estimate of drug-likeness (QED) is 0.185. The highest BCUT2D eigenvalue weighted by molar-refractivity contribution is 7.17. The second-order valence-corrected chi connectivity index (χ2v) is 11.5. The Bertz CT molecular complexity index is 1670. The van der Waals surface area contributed by atoms with E-state index >= 15 is 0 Å². The van der Waals surface area contributed by atoms with Crippen molar-refractivity contribution in [3.8, 4) is 5.75 Å². The van der Waals surface area contributed by atoms with E-state index in [4.69, 9.17) is 9.47 Å². The second kappa shape index (κ2) is 11.6. The fraction of sp³-hybridized carbons (Fsp3) is 0.233. The molecule has 0 saturated heterocycles. The molecule has 0 saturated carbocycles. The number of ketones is 1. The Labute approximate surface area is 244 Å². The molecule has 1 unspecified atom stereocenters. The van der Waals surface area contributed by atoms with Gasteiger partial charge in [-0.25, -0.2) is 14.8 Å². The molecule has 1 aliphatic rings. The van der Waals surface area contributed by atoms with Crippen LogP contribution < -0.4 is 9.64 Å². The number of hydrogen-bond donors (Lipinski definition) is 1. The summed E-state index contributed by atoms with van der Waals surface area (Å²) < 4.78 is 11.2. The Morgan fingerprint density at radius 2 is 1.71 bits per heavy atom. The summed E-state index contributed by atoms with van der Waals surface area (Å²) >= 11 is 2.16. The van der Waals surface area contributed by atoms with Gasteiger partial charge in [-0.3, -0.25) is 14.5 Å². The van der Waals surface area contributed by atoms with Crippen LogP contribution in [0.2, 0.25) is 0 Å². The summed E-state index contributed by atoms with van der Waals surface area (Å²) in [6.07, 6.45) is 0. The number of ether oxygens (including phenoxy) is 2. The molecule has 11 heteroatoms. The van der Waals surface area contributed by atoms with E-state index in [0.717, 1.165) is 16.9 Å². The Hall–Kier alpha value is -4.35. The van der Waals surface area contributed by atoms with Crippen LogP contribution in [-0.2, 0) is 16.1 Å². The highest BCUT2D eigenvalue weighted by atomic mass is 32.1. The largest absolute Gasteiger partial charge is 0.503 e. The van der Waals surface area contributed by atoms with Crippen LogP contribution in [0.25, 0.3) is 0 Å². The molecule has 1 N–H and O–H groups in total. The molecular weight excluding hydrogens is 562 g/mol. The molecule has 4 aromatic rings. The molecule has 1 amide bonds. The van der Waals surface area contributed by atoms with Gasteiger partial charge in [0.1, 0.15) is 17.2 Å². The lowest BCUT2D eigenvalue weighted by atomic mass is 9.95. The number of hydrogen-bond acceptors (Lipinski definition) is 10. The SMILES string of the molecule is CCOC(=O)c1sc(N2C(=O)C(O)=C(C(=O)c3sc(C)nc3C)C2c2cccc(OCc3ccccc3)c2)nc1C. The van der Waals surface area contributed by atoms with E-state index in [2.05, 4.69) is 9.97 Å². The van der Waals surface area contributed by atoms with E-state index in [-0.39, 0.29) is 22.2 Å².